The van der Waals surface area contributed by atoms with Crippen molar-refractivity contribution in [2.75, 3.05) is 7.11 Å². The van der Waals surface area contributed by atoms with Crippen molar-refractivity contribution in [1.29, 1.82) is 0 Å². The summed E-state index contributed by atoms with van der Waals surface area (Å²) in [7, 11) is 1.34. The molecule has 0 aliphatic heterocycles. The van der Waals surface area contributed by atoms with Crippen LogP contribution in [-0.2, 0) is 9.53 Å². The fourth-order valence-electron chi connectivity index (χ4n) is 1.02. The summed E-state index contributed by atoms with van der Waals surface area (Å²) in [5.41, 5.74) is -0.00576. The Labute approximate surface area is 66.4 Å². The molecule has 0 radical (unpaired) electrons. The lowest BCUT2D eigenvalue weighted by molar-refractivity contribution is -0.143. The zero-order valence-electron chi connectivity index (χ0n) is 6.96. The molecule has 0 aromatic carbocycles. The summed E-state index contributed by atoms with van der Waals surface area (Å²) in [6.45, 7) is 1.99. The van der Waals surface area contributed by atoms with E-state index in [2.05, 4.69) is 4.74 Å². The van der Waals surface area contributed by atoms with E-state index in [1.165, 1.54) is 7.11 Å². The monoisotopic (exact) mass is 158 g/mol. The van der Waals surface area contributed by atoms with Crippen LogP contribution < -0.4 is 0 Å². The highest BCUT2D eigenvalue weighted by atomic mass is 16.5. The maximum absolute atomic E-state index is 10.7. The molecule has 3 nitrogen and oxygen atoms in total. The molecular weight excluding hydrogens is 144 g/mol. The average molecular weight is 158 g/mol. The van der Waals surface area contributed by atoms with Crippen LogP contribution in [0.15, 0.2) is 0 Å². The third kappa shape index (κ3) is 1.93. The molecule has 64 valence electrons. The summed E-state index contributed by atoms with van der Waals surface area (Å²) in [6, 6.07) is 0. The van der Waals surface area contributed by atoms with Crippen LogP contribution in [0, 0.1) is 5.41 Å². The maximum atomic E-state index is 10.7. The van der Waals surface area contributed by atoms with Gasteiger partial charge in [-0.2, -0.15) is 0 Å². The van der Waals surface area contributed by atoms with Crippen molar-refractivity contribution < 1.29 is 14.6 Å². The molecule has 0 heterocycles. The molecule has 3 heteroatoms. The first-order valence-electron chi connectivity index (χ1n) is 3.83. The van der Waals surface area contributed by atoms with Gasteiger partial charge in [0.25, 0.3) is 0 Å². The average Bonchev–Trinajstić information content (AvgIpc) is 2.69. The topological polar surface area (TPSA) is 46.5 Å². The first kappa shape index (κ1) is 8.53. The molecule has 1 rings (SSSR count). The Bertz CT molecular complexity index is 161. The number of rotatable bonds is 3. The van der Waals surface area contributed by atoms with Crippen molar-refractivity contribution in [3.05, 3.63) is 0 Å². The van der Waals surface area contributed by atoms with Gasteiger partial charge in [0.05, 0.1) is 19.6 Å². The molecule has 1 fully saturated rings. The van der Waals surface area contributed by atoms with Gasteiger partial charge in [0.1, 0.15) is 0 Å². The lowest BCUT2D eigenvalue weighted by Crippen LogP contribution is -2.23. The van der Waals surface area contributed by atoms with Crippen LogP contribution >= 0.6 is 0 Å². The van der Waals surface area contributed by atoms with E-state index in [4.69, 9.17) is 0 Å². The van der Waals surface area contributed by atoms with Crippen LogP contribution in [0.1, 0.15) is 26.2 Å². The highest BCUT2D eigenvalue weighted by Gasteiger charge is 2.44. The Balaban J connectivity index is 2.31. The molecular formula is C8H14O3. The second-order valence-electron chi connectivity index (χ2n) is 3.45. The van der Waals surface area contributed by atoms with Gasteiger partial charge in [-0.25, -0.2) is 0 Å². The summed E-state index contributed by atoms with van der Waals surface area (Å²) in [4.78, 5) is 10.7. The molecule has 1 saturated carbocycles. The van der Waals surface area contributed by atoms with Crippen molar-refractivity contribution in [1.82, 2.24) is 0 Å². The Kier molecular flexibility index (Phi) is 2.18. The number of aliphatic hydroxyl groups is 1. The van der Waals surface area contributed by atoms with Gasteiger partial charge in [-0.3, -0.25) is 4.79 Å². The fourth-order valence-corrected chi connectivity index (χ4v) is 1.02. The van der Waals surface area contributed by atoms with Gasteiger partial charge in [0.2, 0.25) is 0 Å². The summed E-state index contributed by atoms with van der Waals surface area (Å²) >= 11 is 0. The van der Waals surface area contributed by atoms with Gasteiger partial charge in [-0.1, -0.05) is 6.92 Å². The molecule has 1 unspecified atom stereocenters. The highest BCUT2D eigenvalue weighted by Crippen LogP contribution is 2.48. The van der Waals surface area contributed by atoms with E-state index in [-0.39, 0.29) is 17.8 Å². The number of carbonyl (C=O) groups excluding carboxylic acids is 1. The molecule has 1 aliphatic rings. The fraction of sp³-hybridized carbons (Fsp3) is 0.875. The first-order chi connectivity index (χ1) is 5.08. The van der Waals surface area contributed by atoms with Crippen molar-refractivity contribution in [3.63, 3.8) is 0 Å². The maximum Gasteiger partial charge on any atom is 0.308 e. The molecule has 0 amide bonds. The van der Waals surface area contributed by atoms with E-state index in [1.807, 2.05) is 6.92 Å². The van der Waals surface area contributed by atoms with E-state index in [1.54, 1.807) is 0 Å². The van der Waals surface area contributed by atoms with E-state index in [9.17, 15) is 9.90 Å². The summed E-state index contributed by atoms with van der Waals surface area (Å²) in [6.07, 6.45) is 1.65. The smallest absolute Gasteiger partial charge is 0.308 e. The minimum Gasteiger partial charge on any atom is -0.469 e. The second-order valence-corrected chi connectivity index (χ2v) is 3.45. The largest absolute Gasteiger partial charge is 0.469 e. The van der Waals surface area contributed by atoms with Crippen molar-refractivity contribution in [2.45, 2.75) is 32.3 Å². The minimum absolute atomic E-state index is 0.00576. The zero-order chi connectivity index (χ0) is 8.48. The van der Waals surface area contributed by atoms with E-state index >= 15 is 0 Å². The van der Waals surface area contributed by atoms with Gasteiger partial charge in [-0.15, -0.1) is 0 Å². The molecule has 11 heavy (non-hydrogen) atoms. The minimum atomic E-state index is -0.519. The predicted molar refractivity (Wildman–Crippen MR) is 40.0 cm³/mol. The van der Waals surface area contributed by atoms with Crippen molar-refractivity contribution in [2.24, 2.45) is 5.41 Å². The van der Waals surface area contributed by atoms with E-state index < -0.39 is 6.10 Å². The molecule has 0 aromatic heterocycles. The number of hydrogen-bond acceptors (Lipinski definition) is 3. The second kappa shape index (κ2) is 2.81. The number of carbonyl (C=O) groups is 1. The predicted octanol–water partition coefficient (Wildman–Crippen LogP) is 0.710. The van der Waals surface area contributed by atoms with E-state index in [0.29, 0.717) is 0 Å². The van der Waals surface area contributed by atoms with E-state index in [0.717, 1.165) is 12.8 Å². The van der Waals surface area contributed by atoms with Crippen molar-refractivity contribution in [3.8, 4) is 0 Å². The Hall–Kier alpha value is -0.570. The highest BCUT2D eigenvalue weighted by molar-refractivity contribution is 5.69. The Morgan fingerprint density at radius 2 is 2.27 bits per heavy atom. The van der Waals surface area contributed by atoms with Crippen LogP contribution in [0.5, 0.6) is 0 Å². The molecule has 0 saturated heterocycles. The van der Waals surface area contributed by atoms with Gasteiger partial charge in [-0.05, 0) is 18.3 Å². The van der Waals surface area contributed by atoms with Crippen LogP contribution in [0.3, 0.4) is 0 Å². The van der Waals surface area contributed by atoms with Crippen molar-refractivity contribution >= 4 is 5.97 Å². The van der Waals surface area contributed by atoms with Gasteiger partial charge >= 0.3 is 5.97 Å². The SMILES string of the molecule is COC(=O)CC(O)C1(C)CC1. The third-order valence-electron chi connectivity index (χ3n) is 2.43. The van der Waals surface area contributed by atoms with Crippen LogP contribution in [0.4, 0.5) is 0 Å². The normalized spacial score (nSPS) is 22.5. The Morgan fingerprint density at radius 1 is 1.73 bits per heavy atom. The molecule has 1 aliphatic carbocycles. The molecule has 1 atom stereocenters. The van der Waals surface area contributed by atoms with Crippen LogP contribution in [0.25, 0.3) is 0 Å². The van der Waals surface area contributed by atoms with Gasteiger partial charge in [0, 0.05) is 0 Å². The van der Waals surface area contributed by atoms with Crippen LogP contribution in [0.2, 0.25) is 0 Å². The molecule has 0 aromatic rings. The summed E-state index contributed by atoms with van der Waals surface area (Å²) in [5.74, 6) is -0.328. The molecule has 0 spiro atoms. The first-order valence-corrected chi connectivity index (χ1v) is 3.83. The van der Waals surface area contributed by atoms with Crippen LogP contribution in [-0.4, -0.2) is 24.3 Å². The van der Waals surface area contributed by atoms with Gasteiger partial charge < -0.3 is 9.84 Å². The lowest BCUT2D eigenvalue weighted by atomic mass is 9.99. The number of aliphatic hydroxyl groups excluding tert-OH is 1. The summed E-state index contributed by atoms with van der Waals surface area (Å²) in [5, 5.41) is 9.45. The number of esters is 1. The standard InChI is InChI=1S/C8H14O3/c1-8(3-4-8)6(9)5-7(10)11-2/h6,9H,3-5H2,1-2H3. The molecule has 0 bridgehead atoms. The number of hydrogen-bond donors (Lipinski definition) is 1. The van der Waals surface area contributed by atoms with Gasteiger partial charge in [0.15, 0.2) is 0 Å². The molecule has 1 N–H and O–H groups in total. The lowest BCUT2D eigenvalue weighted by Gasteiger charge is -2.15. The zero-order valence-corrected chi connectivity index (χ0v) is 6.96. The quantitative estimate of drug-likeness (QED) is 0.615. The Morgan fingerprint density at radius 3 is 2.64 bits per heavy atom. The summed E-state index contributed by atoms with van der Waals surface area (Å²) < 4.78 is 4.44. The number of ether oxygens (including phenoxy) is 1. The number of methoxy groups -OCH3 is 1. The third-order valence-corrected chi connectivity index (χ3v) is 2.43.